The summed E-state index contributed by atoms with van der Waals surface area (Å²) in [6.45, 7) is 2.20. The van der Waals surface area contributed by atoms with Crippen LogP contribution in [-0.4, -0.2) is 27.1 Å². The van der Waals surface area contributed by atoms with Gasteiger partial charge in [0, 0.05) is 13.6 Å². The maximum absolute atomic E-state index is 14.3. The molecule has 1 amide bonds. The van der Waals surface area contributed by atoms with Gasteiger partial charge in [0.2, 0.25) is 5.95 Å². The van der Waals surface area contributed by atoms with Crippen LogP contribution in [0, 0.1) is 12.9 Å². The molecule has 7 heteroatoms. The van der Waals surface area contributed by atoms with E-state index in [1.807, 2.05) is 12.1 Å². The summed E-state index contributed by atoms with van der Waals surface area (Å²) in [6, 6.07) is 5.19. The van der Waals surface area contributed by atoms with Crippen LogP contribution in [0.25, 0.3) is 0 Å². The Kier molecular flexibility index (Phi) is 4.83. The zero-order valence-corrected chi connectivity index (χ0v) is 15.0. The zero-order valence-electron chi connectivity index (χ0n) is 13.5. The van der Waals surface area contributed by atoms with Gasteiger partial charge in [-0.25, -0.2) is 4.68 Å². The van der Waals surface area contributed by atoms with Crippen molar-refractivity contribution in [1.82, 2.24) is 14.7 Å². The van der Waals surface area contributed by atoms with Gasteiger partial charge in [-0.15, -0.1) is 0 Å². The van der Waals surface area contributed by atoms with E-state index >= 15 is 0 Å². The highest BCUT2D eigenvalue weighted by atomic mass is 35.5. The number of rotatable bonds is 2. The van der Waals surface area contributed by atoms with Gasteiger partial charge in [0.05, 0.1) is 21.8 Å². The Morgan fingerprint density at radius 3 is 2.75 bits per heavy atom. The zero-order chi connectivity index (χ0) is 17.4. The minimum absolute atomic E-state index is 0.0301. The lowest BCUT2D eigenvalue weighted by Crippen LogP contribution is -2.39. The molecule has 0 N–H and O–H groups in total. The number of nitrogens with zero attached hydrogens (tertiary/aromatic N) is 3. The Balaban J connectivity index is 2.01. The monoisotopic (exact) mass is 369 g/mol. The highest BCUT2D eigenvalue weighted by Crippen LogP contribution is 2.38. The second-order valence-corrected chi connectivity index (χ2v) is 6.81. The van der Waals surface area contributed by atoms with Crippen molar-refractivity contribution in [3.63, 3.8) is 0 Å². The SMILES string of the molecule is Cc1nn(C)c(F)c1C(=O)N1CCCCC1c1cccc(Cl)c1Cl. The lowest BCUT2D eigenvalue weighted by atomic mass is 9.94. The Labute approximate surface area is 150 Å². The molecule has 1 aliphatic rings. The van der Waals surface area contributed by atoms with Crippen LogP contribution in [0.4, 0.5) is 4.39 Å². The molecule has 1 unspecified atom stereocenters. The number of piperidine rings is 1. The lowest BCUT2D eigenvalue weighted by Gasteiger charge is -2.36. The summed E-state index contributed by atoms with van der Waals surface area (Å²) in [6.07, 6.45) is 2.62. The van der Waals surface area contributed by atoms with Gasteiger partial charge in [-0.2, -0.15) is 9.49 Å². The van der Waals surface area contributed by atoms with Gasteiger partial charge in [-0.3, -0.25) is 4.79 Å². The number of likely N-dealkylation sites (tertiary alicyclic amines) is 1. The van der Waals surface area contributed by atoms with Crippen molar-refractivity contribution in [2.45, 2.75) is 32.2 Å². The molecular weight excluding hydrogens is 352 g/mol. The maximum Gasteiger partial charge on any atom is 0.260 e. The van der Waals surface area contributed by atoms with E-state index in [1.165, 1.54) is 7.05 Å². The fraction of sp³-hybridized carbons (Fsp3) is 0.412. The number of halogens is 3. The number of aromatic nitrogens is 2. The first-order chi connectivity index (χ1) is 11.4. The van der Waals surface area contributed by atoms with E-state index in [9.17, 15) is 9.18 Å². The number of hydrogen-bond donors (Lipinski definition) is 0. The lowest BCUT2D eigenvalue weighted by molar-refractivity contribution is 0.0605. The molecule has 0 spiro atoms. The molecule has 2 heterocycles. The van der Waals surface area contributed by atoms with E-state index in [2.05, 4.69) is 5.10 Å². The molecule has 0 bridgehead atoms. The second-order valence-electron chi connectivity index (χ2n) is 6.03. The van der Waals surface area contributed by atoms with Gasteiger partial charge >= 0.3 is 0 Å². The number of carbonyl (C=O) groups is 1. The Bertz CT molecular complexity index is 790. The predicted molar refractivity (Wildman–Crippen MR) is 92.0 cm³/mol. The third-order valence-electron chi connectivity index (χ3n) is 4.47. The summed E-state index contributed by atoms with van der Waals surface area (Å²) in [7, 11) is 1.49. The van der Waals surface area contributed by atoms with E-state index in [1.54, 1.807) is 17.9 Å². The van der Waals surface area contributed by atoms with Crippen molar-refractivity contribution in [3.05, 3.63) is 51.0 Å². The summed E-state index contributed by atoms with van der Waals surface area (Å²) >= 11 is 12.5. The molecule has 1 atom stereocenters. The summed E-state index contributed by atoms with van der Waals surface area (Å²) in [5.41, 5.74) is 1.23. The van der Waals surface area contributed by atoms with Crippen LogP contribution in [0.3, 0.4) is 0 Å². The summed E-state index contributed by atoms with van der Waals surface area (Å²) in [5, 5.41) is 4.91. The van der Waals surface area contributed by atoms with Crippen LogP contribution in [0.15, 0.2) is 18.2 Å². The quantitative estimate of drug-likeness (QED) is 0.778. The highest BCUT2D eigenvalue weighted by Gasteiger charge is 2.33. The van der Waals surface area contributed by atoms with Crippen LogP contribution >= 0.6 is 23.2 Å². The van der Waals surface area contributed by atoms with Crippen molar-refractivity contribution < 1.29 is 9.18 Å². The van der Waals surface area contributed by atoms with Gasteiger partial charge in [-0.05, 0) is 37.8 Å². The molecule has 0 saturated carbocycles. The number of carbonyl (C=O) groups excluding carboxylic acids is 1. The molecule has 1 fully saturated rings. The average Bonchev–Trinajstić information content (AvgIpc) is 2.82. The molecule has 1 aromatic carbocycles. The van der Waals surface area contributed by atoms with Gasteiger partial charge in [-0.1, -0.05) is 35.3 Å². The van der Waals surface area contributed by atoms with Crippen molar-refractivity contribution in [3.8, 4) is 0 Å². The van der Waals surface area contributed by atoms with E-state index in [0.717, 1.165) is 29.5 Å². The molecule has 0 radical (unpaired) electrons. The minimum Gasteiger partial charge on any atom is -0.331 e. The molecule has 1 aliphatic heterocycles. The fourth-order valence-electron chi connectivity index (χ4n) is 3.29. The van der Waals surface area contributed by atoms with Gasteiger partial charge in [0.15, 0.2) is 0 Å². The van der Waals surface area contributed by atoms with Gasteiger partial charge in [0.1, 0.15) is 5.56 Å². The first-order valence-electron chi connectivity index (χ1n) is 7.85. The number of benzene rings is 1. The normalized spacial score (nSPS) is 18.0. The predicted octanol–water partition coefficient (Wildman–Crippen LogP) is 4.54. The molecule has 1 saturated heterocycles. The largest absolute Gasteiger partial charge is 0.331 e. The summed E-state index contributed by atoms with van der Waals surface area (Å²) in [5.74, 6) is -0.960. The average molecular weight is 370 g/mol. The molecule has 128 valence electrons. The standard InChI is InChI=1S/C17H18Cl2FN3O/c1-10-14(16(20)22(2)21-10)17(24)23-9-4-3-8-13(23)11-6-5-7-12(18)15(11)19/h5-7,13H,3-4,8-9H2,1-2H3. The topological polar surface area (TPSA) is 38.1 Å². The number of hydrogen-bond acceptors (Lipinski definition) is 2. The molecule has 1 aromatic heterocycles. The van der Waals surface area contributed by atoms with E-state index in [0.29, 0.717) is 22.3 Å². The summed E-state index contributed by atoms with van der Waals surface area (Å²) in [4.78, 5) is 14.7. The Hall–Kier alpha value is -1.59. The molecule has 24 heavy (non-hydrogen) atoms. The van der Waals surface area contributed by atoms with Crippen molar-refractivity contribution in [2.24, 2.45) is 7.05 Å². The van der Waals surface area contributed by atoms with Crippen molar-refractivity contribution in [2.75, 3.05) is 6.54 Å². The first kappa shape index (κ1) is 17.2. The number of aryl methyl sites for hydroxylation is 2. The fourth-order valence-corrected chi connectivity index (χ4v) is 3.73. The van der Waals surface area contributed by atoms with Crippen LogP contribution in [0.2, 0.25) is 10.0 Å². The smallest absolute Gasteiger partial charge is 0.260 e. The third-order valence-corrected chi connectivity index (χ3v) is 5.30. The van der Waals surface area contributed by atoms with Crippen molar-refractivity contribution in [1.29, 1.82) is 0 Å². The Morgan fingerprint density at radius 1 is 1.33 bits per heavy atom. The maximum atomic E-state index is 14.3. The summed E-state index contributed by atoms with van der Waals surface area (Å²) < 4.78 is 15.4. The van der Waals surface area contributed by atoms with Gasteiger partial charge in [0.25, 0.3) is 5.91 Å². The first-order valence-corrected chi connectivity index (χ1v) is 8.61. The highest BCUT2D eigenvalue weighted by molar-refractivity contribution is 6.42. The Morgan fingerprint density at radius 2 is 2.08 bits per heavy atom. The van der Waals surface area contributed by atoms with Crippen LogP contribution in [-0.2, 0) is 7.05 Å². The van der Waals surface area contributed by atoms with Crippen molar-refractivity contribution >= 4 is 29.1 Å². The van der Waals surface area contributed by atoms with Crippen LogP contribution < -0.4 is 0 Å². The minimum atomic E-state index is -0.612. The van der Waals surface area contributed by atoms with Gasteiger partial charge < -0.3 is 4.90 Å². The van der Waals surface area contributed by atoms with E-state index in [-0.39, 0.29) is 17.5 Å². The molecule has 0 aliphatic carbocycles. The molecule has 3 rings (SSSR count). The molecule has 4 nitrogen and oxygen atoms in total. The van der Waals surface area contributed by atoms with E-state index in [4.69, 9.17) is 23.2 Å². The van der Waals surface area contributed by atoms with E-state index < -0.39 is 5.95 Å². The second kappa shape index (κ2) is 6.73. The third kappa shape index (κ3) is 2.91. The van der Waals surface area contributed by atoms with Crippen LogP contribution in [0.1, 0.15) is 46.9 Å². The van der Waals surface area contributed by atoms with Crippen LogP contribution in [0.5, 0.6) is 0 Å². The molecular formula is C17H18Cl2FN3O. The number of amides is 1. The molecule has 2 aromatic rings.